The van der Waals surface area contributed by atoms with E-state index in [-0.39, 0.29) is 6.10 Å². The second-order valence-corrected chi connectivity index (χ2v) is 7.63. The number of guanidine groups is 1. The molecule has 1 N–H and O–H groups in total. The lowest BCUT2D eigenvalue weighted by atomic mass is 9.99. The number of aryl methyl sites for hydroxylation is 1. The van der Waals surface area contributed by atoms with E-state index in [1.807, 2.05) is 0 Å². The monoisotopic (exact) mass is 358 g/mol. The lowest BCUT2D eigenvalue weighted by Crippen LogP contribution is -2.48. The van der Waals surface area contributed by atoms with Gasteiger partial charge in [0.2, 0.25) is 0 Å². The van der Waals surface area contributed by atoms with E-state index in [2.05, 4.69) is 60.3 Å². The fourth-order valence-corrected chi connectivity index (χ4v) is 4.04. The summed E-state index contributed by atoms with van der Waals surface area (Å²) in [5.74, 6) is 1.72. The fourth-order valence-electron chi connectivity index (χ4n) is 4.04. The van der Waals surface area contributed by atoms with Crippen molar-refractivity contribution in [3.05, 3.63) is 35.4 Å². The van der Waals surface area contributed by atoms with Crippen molar-refractivity contribution < 1.29 is 4.74 Å². The van der Waals surface area contributed by atoms with E-state index >= 15 is 0 Å². The Balaban J connectivity index is 1.66. The van der Waals surface area contributed by atoms with E-state index in [4.69, 9.17) is 9.73 Å². The first kappa shape index (κ1) is 19.2. The third-order valence-electron chi connectivity index (χ3n) is 5.46. The van der Waals surface area contributed by atoms with Gasteiger partial charge in [0, 0.05) is 26.2 Å². The van der Waals surface area contributed by atoms with E-state index < -0.39 is 0 Å². The number of ether oxygens (including phenoxy) is 1. The maximum atomic E-state index is 6.08. The summed E-state index contributed by atoms with van der Waals surface area (Å²) in [5.41, 5.74) is 2.59. The average Bonchev–Trinajstić information content (AvgIpc) is 2.66. The highest BCUT2D eigenvalue weighted by molar-refractivity contribution is 5.80. The van der Waals surface area contributed by atoms with Crippen molar-refractivity contribution in [2.24, 2.45) is 10.9 Å². The van der Waals surface area contributed by atoms with Crippen LogP contribution < -0.4 is 5.32 Å². The molecule has 2 unspecified atom stereocenters. The molecule has 2 atom stereocenters. The van der Waals surface area contributed by atoms with Crippen LogP contribution in [0.15, 0.2) is 29.3 Å². The Hall–Kier alpha value is -1.59. The number of hydrogen-bond donors (Lipinski definition) is 1. The molecule has 2 fully saturated rings. The largest absolute Gasteiger partial charge is 0.370 e. The Morgan fingerprint density at radius 1 is 1.27 bits per heavy atom. The SMILES string of the molecule is CCNC(=NCC1CCCN(C)C1)N1CCOC(c2ccccc2C)C1. The summed E-state index contributed by atoms with van der Waals surface area (Å²) >= 11 is 0. The van der Waals surface area contributed by atoms with Crippen LogP contribution in [0.2, 0.25) is 0 Å². The van der Waals surface area contributed by atoms with Crippen LogP contribution >= 0.6 is 0 Å². The maximum Gasteiger partial charge on any atom is 0.194 e. The van der Waals surface area contributed by atoms with Crippen molar-refractivity contribution >= 4 is 5.96 Å². The number of hydrogen-bond acceptors (Lipinski definition) is 3. The first-order chi connectivity index (χ1) is 12.7. The number of piperidine rings is 1. The minimum absolute atomic E-state index is 0.120. The minimum Gasteiger partial charge on any atom is -0.370 e. The molecule has 144 valence electrons. The summed E-state index contributed by atoms with van der Waals surface area (Å²) in [5, 5.41) is 3.50. The highest BCUT2D eigenvalue weighted by Gasteiger charge is 2.25. The number of aliphatic imine (C=N–C) groups is 1. The average molecular weight is 359 g/mol. The van der Waals surface area contributed by atoms with Crippen molar-refractivity contribution in [3.8, 4) is 0 Å². The molecule has 1 aromatic carbocycles. The summed E-state index contributed by atoms with van der Waals surface area (Å²) in [6.45, 7) is 11.0. The van der Waals surface area contributed by atoms with Gasteiger partial charge in [0.1, 0.15) is 6.10 Å². The second-order valence-electron chi connectivity index (χ2n) is 7.63. The summed E-state index contributed by atoms with van der Waals surface area (Å²) in [6.07, 6.45) is 2.71. The van der Waals surface area contributed by atoms with Crippen LogP contribution in [0.1, 0.15) is 37.0 Å². The van der Waals surface area contributed by atoms with Gasteiger partial charge in [-0.25, -0.2) is 0 Å². The highest BCUT2D eigenvalue weighted by atomic mass is 16.5. The van der Waals surface area contributed by atoms with E-state index in [0.717, 1.165) is 45.3 Å². The predicted molar refractivity (Wildman–Crippen MR) is 108 cm³/mol. The van der Waals surface area contributed by atoms with Crippen LogP contribution in [0.25, 0.3) is 0 Å². The van der Waals surface area contributed by atoms with Crippen molar-refractivity contribution in [1.82, 2.24) is 15.1 Å². The number of benzene rings is 1. The zero-order valence-electron chi connectivity index (χ0n) is 16.6. The smallest absolute Gasteiger partial charge is 0.194 e. The summed E-state index contributed by atoms with van der Waals surface area (Å²) < 4.78 is 6.08. The Kier molecular flexibility index (Phi) is 6.92. The molecule has 5 nitrogen and oxygen atoms in total. The van der Waals surface area contributed by atoms with Crippen LogP contribution in [-0.4, -0.2) is 68.7 Å². The normalized spacial score (nSPS) is 25.3. The van der Waals surface area contributed by atoms with Gasteiger partial charge in [0.15, 0.2) is 5.96 Å². The topological polar surface area (TPSA) is 40.1 Å². The van der Waals surface area contributed by atoms with E-state index in [0.29, 0.717) is 5.92 Å². The Morgan fingerprint density at radius 3 is 2.88 bits per heavy atom. The fraction of sp³-hybridized carbons (Fsp3) is 0.667. The molecule has 2 saturated heterocycles. The van der Waals surface area contributed by atoms with E-state index in [1.165, 1.54) is 30.5 Å². The van der Waals surface area contributed by atoms with Gasteiger partial charge in [-0.1, -0.05) is 24.3 Å². The molecule has 0 radical (unpaired) electrons. The molecule has 0 aromatic heterocycles. The number of rotatable bonds is 4. The van der Waals surface area contributed by atoms with Gasteiger partial charge >= 0.3 is 0 Å². The van der Waals surface area contributed by atoms with E-state index in [9.17, 15) is 0 Å². The molecule has 2 heterocycles. The summed E-state index contributed by atoms with van der Waals surface area (Å²) in [4.78, 5) is 9.80. The van der Waals surface area contributed by atoms with Crippen molar-refractivity contribution in [3.63, 3.8) is 0 Å². The van der Waals surface area contributed by atoms with Gasteiger partial charge in [-0.3, -0.25) is 4.99 Å². The molecular formula is C21H34N4O. The quantitative estimate of drug-likeness (QED) is 0.664. The van der Waals surface area contributed by atoms with Gasteiger partial charge in [-0.15, -0.1) is 0 Å². The molecule has 0 amide bonds. The third kappa shape index (κ3) is 4.98. The zero-order chi connectivity index (χ0) is 18.4. The Bertz CT molecular complexity index is 603. The number of likely N-dealkylation sites (tertiary alicyclic amines) is 1. The Labute approximate surface area is 158 Å². The number of nitrogens with one attached hydrogen (secondary N) is 1. The van der Waals surface area contributed by atoms with Crippen LogP contribution in [0, 0.1) is 12.8 Å². The first-order valence-corrected chi connectivity index (χ1v) is 10.1. The summed E-state index contributed by atoms with van der Waals surface area (Å²) in [6, 6.07) is 8.54. The molecule has 0 bridgehead atoms. The van der Waals surface area contributed by atoms with Crippen molar-refractivity contribution in [2.45, 2.75) is 32.8 Å². The van der Waals surface area contributed by atoms with Crippen LogP contribution in [0.5, 0.6) is 0 Å². The molecule has 2 aliphatic heterocycles. The first-order valence-electron chi connectivity index (χ1n) is 10.1. The molecule has 0 spiro atoms. The molecule has 26 heavy (non-hydrogen) atoms. The Morgan fingerprint density at radius 2 is 2.12 bits per heavy atom. The number of morpholine rings is 1. The standard InChI is InChI=1S/C21H34N4O/c1-4-22-21(23-14-18-9-7-11-24(3)15-18)25-12-13-26-20(16-25)19-10-6-5-8-17(19)2/h5-6,8,10,18,20H,4,7,9,11-16H2,1-3H3,(H,22,23). The third-order valence-corrected chi connectivity index (χ3v) is 5.46. The van der Waals surface area contributed by atoms with Crippen molar-refractivity contribution in [1.29, 1.82) is 0 Å². The maximum absolute atomic E-state index is 6.08. The zero-order valence-corrected chi connectivity index (χ0v) is 16.6. The number of nitrogens with zero attached hydrogens (tertiary/aromatic N) is 3. The van der Waals surface area contributed by atoms with Gasteiger partial charge in [-0.2, -0.15) is 0 Å². The van der Waals surface area contributed by atoms with Crippen molar-refractivity contribution in [2.75, 3.05) is 52.9 Å². The lowest BCUT2D eigenvalue weighted by Gasteiger charge is -2.36. The van der Waals surface area contributed by atoms with Gasteiger partial charge in [0.25, 0.3) is 0 Å². The van der Waals surface area contributed by atoms with Gasteiger partial charge in [0.05, 0.1) is 13.2 Å². The second kappa shape index (κ2) is 9.38. The van der Waals surface area contributed by atoms with Crippen LogP contribution in [-0.2, 0) is 4.74 Å². The lowest BCUT2D eigenvalue weighted by molar-refractivity contribution is -0.00836. The molecule has 5 heteroatoms. The predicted octanol–water partition coefficient (Wildman–Crippen LogP) is 2.68. The molecule has 0 aliphatic carbocycles. The molecule has 0 saturated carbocycles. The molecule has 1 aromatic rings. The van der Waals surface area contributed by atoms with E-state index in [1.54, 1.807) is 0 Å². The minimum atomic E-state index is 0.120. The van der Waals surface area contributed by atoms with Crippen LogP contribution in [0.4, 0.5) is 0 Å². The summed E-state index contributed by atoms with van der Waals surface area (Å²) in [7, 11) is 2.22. The van der Waals surface area contributed by atoms with Gasteiger partial charge in [-0.05, 0) is 57.3 Å². The molecular weight excluding hydrogens is 324 g/mol. The molecule has 2 aliphatic rings. The van der Waals surface area contributed by atoms with Crippen LogP contribution in [0.3, 0.4) is 0 Å². The molecule has 3 rings (SSSR count). The highest BCUT2D eigenvalue weighted by Crippen LogP contribution is 2.25. The van der Waals surface area contributed by atoms with Gasteiger partial charge < -0.3 is 19.9 Å².